The van der Waals surface area contributed by atoms with Crippen molar-refractivity contribution in [3.05, 3.63) is 39.0 Å². The van der Waals surface area contributed by atoms with E-state index in [0.717, 1.165) is 11.5 Å². The number of hydrogen-bond acceptors (Lipinski definition) is 3. The average Bonchev–Trinajstić information content (AvgIpc) is 2.59. The molecular formula is C10H3Cl3N2S. The van der Waals surface area contributed by atoms with Crippen LogP contribution >= 0.6 is 46.3 Å². The number of rotatable bonds is 1. The van der Waals surface area contributed by atoms with E-state index in [1.54, 1.807) is 18.2 Å². The van der Waals surface area contributed by atoms with Crippen molar-refractivity contribution in [2.24, 2.45) is 0 Å². The molecule has 0 amide bonds. The Bertz CT molecular complexity index is 586. The fourth-order valence-electron chi connectivity index (χ4n) is 1.23. The predicted molar refractivity (Wildman–Crippen MR) is 67.3 cm³/mol. The van der Waals surface area contributed by atoms with Crippen molar-refractivity contribution in [3.8, 4) is 16.5 Å². The van der Waals surface area contributed by atoms with Gasteiger partial charge in [-0.1, -0.05) is 40.9 Å². The van der Waals surface area contributed by atoms with Crippen LogP contribution in [0, 0.1) is 11.3 Å². The van der Waals surface area contributed by atoms with E-state index >= 15 is 0 Å². The summed E-state index contributed by atoms with van der Waals surface area (Å²) < 4.78 is 3.92. The summed E-state index contributed by atoms with van der Waals surface area (Å²) in [5, 5.41) is 10.2. The zero-order chi connectivity index (χ0) is 11.7. The van der Waals surface area contributed by atoms with Crippen LogP contribution in [0.25, 0.3) is 10.4 Å². The summed E-state index contributed by atoms with van der Waals surface area (Å²) >= 11 is 18.8. The molecule has 0 aliphatic heterocycles. The van der Waals surface area contributed by atoms with Gasteiger partial charge >= 0.3 is 0 Å². The maximum absolute atomic E-state index is 8.96. The number of halogens is 3. The Balaban J connectivity index is 2.64. The van der Waals surface area contributed by atoms with Crippen LogP contribution in [0.5, 0.6) is 0 Å². The summed E-state index contributed by atoms with van der Waals surface area (Å²) in [6.45, 7) is 0. The smallest absolute Gasteiger partial charge is 0.161 e. The number of aromatic nitrogens is 1. The van der Waals surface area contributed by atoms with Crippen LogP contribution in [0.1, 0.15) is 5.56 Å². The quantitative estimate of drug-likeness (QED) is 0.766. The van der Waals surface area contributed by atoms with E-state index in [1.165, 1.54) is 0 Å². The second-order valence-electron chi connectivity index (χ2n) is 2.91. The minimum atomic E-state index is 0.202. The van der Waals surface area contributed by atoms with Crippen molar-refractivity contribution < 1.29 is 0 Å². The van der Waals surface area contributed by atoms with E-state index in [-0.39, 0.29) is 5.15 Å². The van der Waals surface area contributed by atoms with E-state index < -0.39 is 0 Å². The Labute approximate surface area is 111 Å². The van der Waals surface area contributed by atoms with Gasteiger partial charge in [-0.25, -0.2) is 0 Å². The normalized spacial score (nSPS) is 10.1. The molecular weight excluding hydrogens is 287 g/mol. The highest BCUT2D eigenvalue weighted by Crippen LogP contribution is 2.37. The molecule has 0 radical (unpaired) electrons. The van der Waals surface area contributed by atoms with Gasteiger partial charge in [-0.2, -0.15) is 9.64 Å². The molecule has 1 heterocycles. The average molecular weight is 290 g/mol. The highest BCUT2D eigenvalue weighted by Gasteiger charge is 2.15. The zero-order valence-electron chi connectivity index (χ0n) is 7.67. The third-order valence-electron chi connectivity index (χ3n) is 1.94. The SMILES string of the molecule is N#Cc1c(Cl)nsc1-c1ccc(Cl)cc1Cl. The lowest BCUT2D eigenvalue weighted by atomic mass is 10.1. The first-order chi connectivity index (χ1) is 7.63. The summed E-state index contributed by atoms with van der Waals surface area (Å²) in [6, 6.07) is 7.08. The predicted octanol–water partition coefficient (Wildman–Crippen LogP) is 4.64. The first-order valence-corrected chi connectivity index (χ1v) is 6.05. The Morgan fingerprint density at radius 2 is 2.00 bits per heavy atom. The molecule has 0 aliphatic carbocycles. The van der Waals surface area contributed by atoms with E-state index in [0.29, 0.717) is 26.0 Å². The number of benzene rings is 1. The monoisotopic (exact) mass is 288 g/mol. The maximum atomic E-state index is 8.96. The van der Waals surface area contributed by atoms with E-state index in [4.69, 9.17) is 40.1 Å². The van der Waals surface area contributed by atoms with Gasteiger partial charge in [0.15, 0.2) is 5.15 Å². The molecule has 0 aliphatic rings. The Kier molecular flexibility index (Phi) is 3.36. The van der Waals surface area contributed by atoms with Crippen molar-refractivity contribution in [2.45, 2.75) is 0 Å². The number of hydrogen-bond donors (Lipinski definition) is 0. The number of nitrogens with zero attached hydrogens (tertiary/aromatic N) is 2. The van der Waals surface area contributed by atoms with Crippen LogP contribution in [0.4, 0.5) is 0 Å². The first kappa shape index (κ1) is 11.7. The molecule has 0 unspecified atom stereocenters. The van der Waals surface area contributed by atoms with Gasteiger partial charge in [0.25, 0.3) is 0 Å². The van der Waals surface area contributed by atoms with Gasteiger partial charge in [-0.05, 0) is 23.7 Å². The fourth-order valence-corrected chi connectivity index (χ4v) is 2.85. The summed E-state index contributed by atoms with van der Waals surface area (Å²) in [7, 11) is 0. The van der Waals surface area contributed by atoms with Crippen LogP contribution in [0.2, 0.25) is 15.2 Å². The minimum Gasteiger partial charge on any atom is -0.192 e. The first-order valence-electron chi connectivity index (χ1n) is 4.14. The van der Waals surface area contributed by atoms with Gasteiger partial charge in [0.2, 0.25) is 0 Å². The molecule has 80 valence electrons. The Morgan fingerprint density at radius 1 is 1.25 bits per heavy atom. The highest BCUT2D eigenvalue weighted by atomic mass is 35.5. The van der Waals surface area contributed by atoms with Crippen molar-refractivity contribution in [3.63, 3.8) is 0 Å². The maximum Gasteiger partial charge on any atom is 0.161 e. The standard InChI is InChI=1S/C10H3Cl3N2S/c11-5-1-2-6(8(12)3-5)9-7(4-14)10(13)15-16-9/h1-3H. The molecule has 16 heavy (non-hydrogen) atoms. The van der Waals surface area contributed by atoms with E-state index in [1.807, 2.05) is 6.07 Å². The molecule has 0 saturated heterocycles. The van der Waals surface area contributed by atoms with Crippen LogP contribution < -0.4 is 0 Å². The highest BCUT2D eigenvalue weighted by molar-refractivity contribution is 7.10. The van der Waals surface area contributed by atoms with Crippen molar-refractivity contribution in [1.29, 1.82) is 5.26 Å². The molecule has 0 fully saturated rings. The van der Waals surface area contributed by atoms with Crippen molar-refractivity contribution >= 4 is 46.3 Å². The molecule has 1 aromatic carbocycles. The second kappa shape index (κ2) is 4.60. The molecule has 2 nitrogen and oxygen atoms in total. The van der Waals surface area contributed by atoms with Gasteiger partial charge < -0.3 is 0 Å². The molecule has 6 heteroatoms. The summed E-state index contributed by atoms with van der Waals surface area (Å²) in [4.78, 5) is 0.661. The van der Waals surface area contributed by atoms with Gasteiger partial charge in [-0.15, -0.1) is 0 Å². The molecule has 0 N–H and O–H groups in total. The van der Waals surface area contributed by atoms with E-state index in [2.05, 4.69) is 4.37 Å². The third-order valence-corrected chi connectivity index (χ3v) is 3.74. The van der Waals surface area contributed by atoms with Crippen molar-refractivity contribution in [1.82, 2.24) is 4.37 Å². The van der Waals surface area contributed by atoms with Crippen LogP contribution in [0.3, 0.4) is 0 Å². The van der Waals surface area contributed by atoms with E-state index in [9.17, 15) is 0 Å². The lowest BCUT2D eigenvalue weighted by molar-refractivity contribution is 1.47. The largest absolute Gasteiger partial charge is 0.192 e. The van der Waals surface area contributed by atoms with Crippen LogP contribution in [0.15, 0.2) is 18.2 Å². The Morgan fingerprint density at radius 3 is 2.62 bits per heavy atom. The van der Waals surface area contributed by atoms with Gasteiger partial charge in [0, 0.05) is 10.6 Å². The van der Waals surface area contributed by atoms with Gasteiger partial charge in [0.1, 0.15) is 11.6 Å². The molecule has 0 bridgehead atoms. The van der Waals surface area contributed by atoms with Crippen LogP contribution in [-0.2, 0) is 0 Å². The summed E-state index contributed by atoms with van der Waals surface area (Å²) in [6.07, 6.45) is 0. The lowest BCUT2D eigenvalue weighted by Gasteiger charge is -2.01. The molecule has 2 aromatic rings. The van der Waals surface area contributed by atoms with Gasteiger partial charge in [-0.3, -0.25) is 0 Å². The summed E-state index contributed by atoms with van der Waals surface area (Å²) in [5.41, 5.74) is 1.06. The zero-order valence-corrected chi connectivity index (χ0v) is 10.8. The van der Waals surface area contributed by atoms with Gasteiger partial charge in [0.05, 0.1) is 9.90 Å². The fraction of sp³-hybridized carbons (Fsp3) is 0. The number of nitriles is 1. The molecule has 1 aromatic heterocycles. The summed E-state index contributed by atoms with van der Waals surface area (Å²) in [5.74, 6) is 0. The second-order valence-corrected chi connectivity index (χ2v) is 4.89. The lowest BCUT2D eigenvalue weighted by Crippen LogP contribution is -1.80. The molecule has 0 spiro atoms. The Hall–Kier alpha value is -0.790. The molecule has 0 saturated carbocycles. The van der Waals surface area contributed by atoms with Crippen molar-refractivity contribution in [2.75, 3.05) is 0 Å². The molecule has 2 rings (SSSR count). The minimum absolute atomic E-state index is 0.202. The third kappa shape index (κ3) is 2.02. The van der Waals surface area contributed by atoms with Crippen LogP contribution in [-0.4, -0.2) is 4.37 Å². The topological polar surface area (TPSA) is 36.7 Å². The molecule has 0 atom stereocenters.